The average Bonchev–Trinajstić information content (AvgIpc) is 4.32. The Labute approximate surface area is 454 Å². The van der Waals surface area contributed by atoms with E-state index in [-0.39, 0.29) is 44.2 Å². The third-order valence-corrected chi connectivity index (χ3v) is 15.3. The lowest BCUT2D eigenvalue weighted by molar-refractivity contribution is -0.137. The van der Waals surface area contributed by atoms with E-state index in [0.29, 0.717) is 77.9 Å². The van der Waals surface area contributed by atoms with Crippen molar-refractivity contribution in [1.29, 1.82) is 5.41 Å². The number of fused-ring (bicyclic) bond motifs is 4. The molecule has 0 saturated heterocycles. The van der Waals surface area contributed by atoms with Crippen molar-refractivity contribution < 1.29 is 38.6 Å². The van der Waals surface area contributed by atoms with Crippen LogP contribution < -0.4 is 43.0 Å². The number of thioether (sulfide) groups is 1. The van der Waals surface area contributed by atoms with Gasteiger partial charge in [0.1, 0.15) is 40.8 Å². The van der Waals surface area contributed by atoms with Gasteiger partial charge in [0.25, 0.3) is 0 Å². The number of aliphatic carboxylic acids is 1. The Bertz CT molecular complexity index is 2850. The number of hydrogen-bond acceptors (Lipinski definition) is 15. The smallest absolute Gasteiger partial charge is 0.407 e. The topological polar surface area (TPSA) is 323 Å². The normalized spacial score (nSPS) is 15.3. The van der Waals surface area contributed by atoms with Crippen LogP contribution in [0.2, 0.25) is 0 Å². The van der Waals surface area contributed by atoms with Crippen LogP contribution in [-0.2, 0) is 35.1 Å². The number of hydrogen-bond donors (Lipinski definition) is 11. The molecular formula is C53H68N14O8S2. The van der Waals surface area contributed by atoms with E-state index in [0.717, 1.165) is 33.5 Å². The van der Waals surface area contributed by atoms with Crippen molar-refractivity contribution in [3.8, 4) is 11.1 Å². The molecule has 12 N–H and O–H groups in total. The molecule has 410 valence electrons. The first-order chi connectivity index (χ1) is 37.2. The van der Waals surface area contributed by atoms with E-state index in [1.54, 1.807) is 31.4 Å². The van der Waals surface area contributed by atoms with Gasteiger partial charge in [-0.1, -0.05) is 48.5 Å². The number of alkyl carbamates (subject to hydrolysis) is 1. The Morgan fingerprint density at radius 1 is 0.831 bits per heavy atom. The summed E-state index contributed by atoms with van der Waals surface area (Å²) in [6.45, 7) is 1.39. The minimum absolute atomic E-state index is 0.00541. The SMILES string of the molecule is CNC(=N)NCCC[C@H](NC(=O)OCC1c2ccccc2-c2ccccc21)C(=O)N[C@@H](Cc1c[nH]cn1)C(=O)N[C@@H](CCCCN(C)C)C(=O)N[C@@H](CCCCN)C(=O)Nc1ccc2nc(C3=N[C@@H](C(=O)O)CS3)sc2c1. The highest BCUT2D eigenvalue weighted by molar-refractivity contribution is 8.15. The molecule has 1 aliphatic carbocycles. The Balaban J connectivity index is 1.06. The molecule has 2 aromatic heterocycles. The molecular weight excluding hydrogens is 1020 g/mol. The summed E-state index contributed by atoms with van der Waals surface area (Å²) in [6, 6.07) is 15.6. The van der Waals surface area contributed by atoms with Gasteiger partial charge in [-0.25, -0.2) is 19.6 Å². The molecule has 0 spiro atoms. The predicted octanol–water partition coefficient (Wildman–Crippen LogP) is 3.89. The van der Waals surface area contributed by atoms with E-state index < -0.39 is 65.9 Å². The number of thiazole rings is 1. The van der Waals surface area contributed by atoms with E-state index in [1.807, 2.05) is 67.5 Å². The zero-order valence-electron chi connectivity index (χ0n) is 43.4. The van der Waals surface area contributed by atoms with Crippen LogP contribution in [0.5, 0.6) is 0 Å². The van der Waals surface area contributed by atoms with Gasteiger partial charge in [0.15, 0.2) is 12.0 Å². The van der Waals surface area contributed by atoms with Crippen LogP contribution >= 0.6 is 23.1 Å². The fourth-order valence-corrected chi connectivity index (χ4v) is 11.1. The molecule has 1 aliphatic heterocycles. The molecule has 5 aromatic rings. The molecule has 24 heteroatoms. The van der Waals surface area contributed by atoms with Crippen LogP contribution in [0.3, 0.4) is 0 Å². The van der Waals surface area contributed by atoms with Crippen molar-refractivity contribution in [2.45, 2.75) is 93.9 Å². The van der Waals surface area contributed by atoms with Crippen molar-refractivity contribution in [3.05, 3.63) is 101 Å². The first-order valence-electron chi connectivity index (χ1n) is 25.7. The van der Waals surface area contributed by atoms with Gasteiger partial charge in [0.05, 0.1) is 22.2 Å². The Kier molecular flexibility index (Phi) is 20.9. The summed E-state index contributed by atoms with van der Waals surface area (Å²) in [5.41, 5.74) is 11.5. The maximum absolute atomic E-state index is 14.6. The summed E-state index contributed by atoms with van der Waals surface area (Å²) in [5, 5.41) is 38.4. The number of nitrogens with one attached hydrogen (secondary N) is 9. The minimum Gasteiger partial charge on any atom is -0.480 e. The molecule has 22 nitrogen and oxygen atoms in total. The second-order valence-corrected chi connectivity index (χ2v) is 21.1. The Hall–Kier alpha value is -7.41. The number of anilines is 1. The van der Waals surface area contributed by atoms with Crippen LogP contribution in [0.1, 0.15) is 79.1 Å². The zero-order valence-corrected chi connectivity index (χ0v) is 45.0. The number of ether oxygens (including phenoxy) is 1. The average molecular weight is 1090 g/mol. The van der Waals surface area contributed by atoms with Gasteiger partial charge in [-0.05, 0) is 119 Å². The van der Waals surface area contributed by atoms with Gasteiger partial charge in [-0.3, -0.25) is 29.6 Å². The second-order valence-electron chi connectivity index (χ2n) is 19.0. The van der Waals surface area contributed by atoms with Crippen molar-refractivity contribution in [2.24, 2.45) is 10.7 Å². The molecule has 0 saturated carbocycles. The van der Waals surface area contributed by atoms with Gasteiger partial charge in [-0.15, -0.1) is 23.1 Å². The molecule has 3 aromatic carbocycles. The number of benzene rings is 3. The van der Waals surface area contributed by atoms with Crippen molar-refractivity contribution >= 4 is 85.7 Å². The number of carbonyl (C=O) groups is 6. The van der Waals surface area contributed by atoms with Crippen LogP contribution in [0, 0.1) is 5.41 Å². The zero-order chi connectivity index (χ0) is 54.8. The van der Waals surface area contributed by atoms with Crippen LogP contribution in [0.15, 0.2) is 84.2 Å². The lowest BCUT2D eigenvalue weighted by atomic mass is 9.98. The molecule has 0 unspecified atom stereocenters. The third-order valence-electron chi connectivity index (χ3n) is 13.1. The lowest BCUT2D eigenvalue weighted by Crippen LogP contribution is -2.58. The largest absolute Gasteiger partial charge is 0.480 e. The Morgan fingerprint density at radius 3 is 2.10 bits per heavy atom. The molecule has 3 heterocycles. The highest BCUT2D eigenvalue weighted by atomic mass is 32.2. The number of H-pyrrole nitrogens is 1. The summed E-state index contributed by atoms with van der Waals surface area (Å²) in [4.78, 5) is 101. The fraction of sp³-hybridized carbons (Fsp3) is 0.434. The first-order valence-corrected chi connectivity index (χ1v) is 27.5. The van der Waals surface area contributed by atoms with Gasteiger partial charge < -0.3 is 62.7 Å². The molecule has 5 atom stereocenters. The monoisotopic (exact) mass is 1090 g/mol. The van der Waals surface area contributed by atoms with Crippen LogP contribution in [0.25, 0.3) is 21.3 Å². The van der Waals surface area contributed by atoms with Crippen LogP contribution in [-0.4, -0.2) is 155 Å². The first kappa shape index (κ1) is 57.3. The van der Waals surface area contributed by atoms with Crippen LogP contribution in [0.4, 0.5) is 10.5 Å². The number of imidazole rings is 1. The van der Waals surface area contributed by atoms with Crippen molar-refractivity contribution in [1.82, 2.24) is 51.8 Å². The van der Waals surface area contributed by atoms with Gasteiger partial charge >= 0.3 is 12.1 Å². The van der Waals surface area contributed by atoms with E-state index in [9.17, 15) is 33.9 Å². The molecule has 7 rings (SSSR count). The number of amides is 5. The number of guanidine groups is 1. The molecule has 0 bridgehead atoms. The summed E-state index contributed by atoms with van der Waals surface area (Å²) >= 11 is 2.65. The number of nitrogens with two attached hydrogens (primary N) is 1. The van der Waals surface area contributed by atoms with Crippen molar-refractivity contribution in [3.63, 3.8) is 0 Å². The van der Waals surface area contributed by atoms with E-state index in [4.69, 9.17) is 15.9 Å². The van der Waals surface area contributed by atoms with E-state index in [1.165, 1.54) is 29.4 Å². The predicted molar refractivity (Wildman–Crippen MR) is 298 cm³/mol. The van der Waals surface area contributed by atoms with Crippen molar-refractivity contribution in [2.75, 3.05) is 58.5 Å². The number of carboxylic acids is 1. The quantitative estimate of drug-likeness (QED) is 0.0192. The summed E-state index contributed by atoms with van der Waals surface area (Å²) < 4.78 is 6.57. The highest BCUT2D eigenvalue weighted by Crippen LogP contribution is 2.44. The minimum atomic E-state index is -1.28. The maximum Gasteiger partial charge on any atom is 0.407 e. The van der Waals surface area contributed by atoms with Gasteiger partial charge in [0, 0.05) is 43.6 Å². The molecule has 0 fully saturated rings. The number of unbranched alkanes of at least 4 members (excludes halogenated alkanes) is 2. The number of aromatic nitrogens is 3. The Morgan fingerprint density at radius 2 is 1.47 bits per heavy atom. The summed E-state index contributed by atoms with van der Waals surface area (Å²) in [6.07, 6.45) is 5.32. The highest BCUT2D eigenvalue weighted by Gasteiger charge is 2.34. The lowest BCUT2D eigenvalue weighted by Gasteiger charge is -2.27. The molecule has 0 radical (unpaired) electrons. The standard InChI is InChI=1S/C53H68N14O8S2/c1-56-52(55)58-23-12-19-41(66-53(74)75-28-37-35-15-6-4-13-33(35)34-14-5-7-16-36(34)37)47(70)63-42(25-32-27-57-30-59-32)48(71)62-40(18-9-11-24-67(2)3)46(69)61-39(17-8-10-22-54)45(68)60-31-20-21-38-44(26-31)77-50(64-38)49-65-43(29-76-49)51(72)73/h4-7,13-16,20-21,26-27,30,37,39-43H,8-12,17-19,22-25,28-29,54H2,1-3H3,(H,57,59)(H,60,68)(H,61,69)(H,62,71)(H,63,70)(H,66,74)(H,72,73)(H3,55,56,58)/t39-,40-,41-,42-,43+/m0/s1. The summed E-state index contributed by atoms with van der Waals surface area (Å²) in [5.74, 6) is -3.31. The van der Waals surface area contributed by atoms with E-state index in [2.05, 4.69) is 57.2 Å². The number of carbonyl (C=O) groups excluding carboxylic acids is 5. The van der Waals surface area contributed by atoms with Gasteiger partial charge in [0.2, 0.25) is 23.6 Å². The maximum atomic E-state index is 14.6. The third kappa shape index (κ3) is 16.1. The number of carboxylic acid groups (broad SMARTS) is 1. The number of aliphatic imine (C=N–C) groups is 1. The molecule has 5 amide bonds. The molecule has 2 aliphatic rings. The molecule has 77 heavy (non-hydrogen) atoms. The second kappa shape index (κ2) is 28.1. The summed E-state index contributed by atoms with van der Waals surface area (Å²) in [7, 11) is 5.47. The number of aromatic amines is 1. The number of nitrogens with zero attached hydrogens (tertiary/aromatic N) is 4. The van der Waals surface area contributed by atoms with E-state index >= 15 is 0 Å². The van der Waals surface area contributed by atoms with Gasteiger partial charge in [-0.2, -0.15) is 0 Å². The fourth-order valence-electron chi connectivity index (χ4n) is 9.04. The number of rotatable bonds is 28.